The van der Waals surface area contributed by atoms with Gasteiger partial charge in [-0.1, -0.05) is 18.2 Å². The van der Waals surface area contributed by atoms with Crippen LogP contribution in [0.5, 0.6) is 17.2 Å². The minimum atomic E-state index is -0.0719. The zero-order valence-electron chi connectivity index (χ0n) is 12.7. The van der Waals surface area contributed by atoms with E-state index < -0.39 is 0 Å². The van der Waals surface area contributed by atoms with Gasteiger partial charge in [-0.05, 0) is 121 Å². The first-order valence-electron chi connectivity index (χ1n) is 7.32. The fourth-order valence-corrected chi connectivity index (χ4v) is 4.30. The molecule has 0 unspecified atom stereocenters. The molecule has 0 aliphatic heterocycles. The Kier molecular flexibility index (Phi) is 5.99. The highest BCUT2D eigenvalue weighted by atomic mass is 127. The van der Waals surface area contributed by atoms with Gasteiger partial charge in [-0.25, -0.2) is 0 Å². The number of hydrogen-bond acceptors (Lipinski definition) is 3. The first-order chi connectivity index (χ1) is 11.9. The van der Waals surface area contributed by atoms with Crippen molar-refractivity contribution < 1.29 is 15.3 Å². The SMILES string of the molecule is Oc1ccc(C(c2ccc(O)c(I)c2)c2ccc(O)c(I)c2)cc1I. The van der Waals surface area contributed by atoms with Crippen molar-refractivity contribution in [2.24, 2.45) is 0 Å². The van der Waals surface area contributed by atoms with E-state index in [0.717, 1.165) is 27.4 Å². The second kappa shape index (κ2) is 7.87. The summed E-state index contributed by atoms with van der Waals surface area (Å²) in [5, 5.41) is 29.6. The first kappa shape index (κ1) is 19.0. The average Bonchev–Trinajstić information content (AvgIpc) is 2.57. The molecule has 0 aromatic heterocycles. The van der Waals surface area contributed by atoms with Gasteiger partial charge in [0.05, 0.1) is 10.7 Å². The Morgan fingerprint density at radius 2 is 0.800 bits per heavy atom. The Bertz CT molecular complexity index is 819. The third kappa shape index (κ3) is 4.16. The van der Waals surface area contributed by atoms with Gasteiger partial charge in [-0.3, -0.25) is 0 Å². The summed E-state index contributed by atoms with van der Waals surface area (Å²) in [5.74, 6) is 0.688. The Hall–Kier alpha value is -0.750. The molecule has 6 heteroatoms. The number of aromatic hydroxyl groups is 3. The monoisotopic (exact) mass is 670 g/mol. The molecule has 25 heavy (non-hydrogen) atoms. The summed E-state index contributed by atoms with van der Waals surface area (Å²) in [6, 6.07) is 16.7. The maximum absolute atomic E-state index is 9.85. The number of hydrogen-bond donors (Lipinski definition) is 3. The molecule has 0 heterocycles. The lowest BCUT2D eigenvalue weighted by atomic mass is 9.85. The molecule has 0 bridgehead atoms. The summed E-state index contributed by atoms with van der Waals surface area (Å²) in [7, 11) is 0. The summed E-state index contributed by atoms with van der Waals surface area (Å²) in [6.45, 7) is 0. The summed E-state index contributed by atoms with van der Waals surface area (Å²) in [5.41, 5.74) is 3.10. The van der Waals surface area contributed by atoms with Crippen LogP contribution in [0.4, 0.5) is 0 Å². The van der Waals surface area contributed by atoms with E-state index in [-0.39, 0.29) is 23.2 Å². The lowest BCUT2D eigenvalue weighted by Crippen LogP contribution is -2.04. The highest BCUT2D eigenvalue weighted by molar-refractivity contribution is 14.1. The molecule has 3 rings (SSSR count). The second-order valence-corrected chi connectivity index (χ2v) is 9.05. The number of phenols is 3. The van der Waals surface area contributed by atoms with Crippen molar-refractivity contribution >= 4 is 67.8 Å². The summed E-state index contributed by atoms with van der Waals surface area (Å²) >= 11 is 6.34. The maximum Gasteiger partial charge on any atom is 0.128 e. The van der Waals surface area contributed by atoms with Crippen LogP contribution in [-0.2, 0) is 0 Å². The van der Waals surface area contributed by atoms with E-state index in [1.165, 1.54) is 0 Å². The third-order valence-corrected chi connectivity index (χ3v) is 6.51. The minimum Gasteiger partial charge on any atom is -0.507 e. The molecule has 128 valence electrons. The van der Waals surface area contributed by atoms with E-state index in [4.69, 9.17) is 0 Å². The fraction of sp³-hybridized carbons (Fsp3) is 0.0526. The van der Waals surface area contributed by atoms with Gasteiger partial charge in [-0.2, -0.15) is 0 Å². The van der Waals surface area contributed by atoms with E-state index in [1.807, 2.05) is 36.4 Å². The van der Waals surface area contributed by atoms with Gasteiger partial charge in [0.2, 0.25) is 0 Å². The third-order valence-electron chi connectivity index (χ3n) is 3.92. The van der Waals surface area contributed by atoms with E-state index >= 15 is 0 Å². The molecule has 3 aromatic carbocycles. The zero-order valence-corrected chi connectivity index (χ0v) is 19.2. The Labute approximate surface area is 186 Å². The Morgan fingerprint density at radius 1 is 0.520 bits per heavy atom. The van der Waals surface area contributed by atoms with Crippen molar-refractivity contribution in [3.05, 3.63) is 82.0 Å². The molecule has 0 saturated heterocycles. The molecule has 0 spiro atoms. The fourth-order valence-electron chi connectivity index (χ4n) is 2.69. The summed E-state index contributed by atoms with van der Waals surface area (Å²) < 4.78 is 2.34. The highest BCUT2D eigenvalue weighted by Gasteiger charge is 2.20. The van der Waals surface area contributed by atoms with Crippen LogP contribution < -0.4 is 0 Å². The number of rotatable bonds is 3. The van der Waals surface area contributed by atoms with Gasteiger partial charge in [0.15, 0.2) is 0 Å². The highest BCUT2D eigenvalue weighted by Crippen LogP contribution is 2.37. The number of halogens is 3. The molecule has 0 saturated carbocycles. The van der Waals surface area contributed by atoms with Crippen molar-refractivity contribution in [3.63, 3.8) is 0 Å². The Morgan fingerprint density at radius 3 is 1.04 bits per heavy atom. The van der Waals surface area contributed by atoms with E-state index in [9.17, 15) is 15.3 Å². The van der Waals surface area contributed by atoms with Crippen molar-refractivity contribution in [3.8, 4) is 17.2 Å². The van der Waals surface area contributed by atoms with E-state index in [2.05, 4.69) is 67.8 Å². The van der Waals surface area contributed by atoms with Crippen LogP contribution in [0.15, 0.2) is 54.6 Å². The second-order valence-electron chi connectivity index (χ2n) is 5.57. The van der Waals surface area contributed by atoms with Gasteiger partial charge in [-0.15, -0.1) is 0 Å². The van der Waals surface area contributed by atoms with E-state index in [1.54, 1.807) is 18.2 Å². The summed E-state index contributed by atoms with van der Waals surface area (Å²) in [4.78, 5) is 0. The van der Waals surface area contributed by atoms with Crippen LogP contribution in [0, 0.1) is 10.7 Å². The normalized spacial score (nSPS) is 11.0. The van der Waals surface area contributed by atoms with Crippen molar-refractivity contribution in [2.45, 2.75) is 5.92 Å². The number of phenolic OH excluding ortho intramolecular Hbond substituents is 3. The minimum absolute atomic E-state index is 0.0719. The topological polar surface area (TPSA) is 60.7 Å². The molecule has 3 aromatic rings. The first-order valence-corrected chi connectivity index (χ1v) is 10.6. The zero-order chi connectivity index (χ0) is 18.1. The van der Waals surface area contributed by atoms with Crippen LogP contribution in [0.1, 0.15) is 22.6 Å². The van der Waals surface area contributed by atoms with Crippen molar-refractivity contribution in [2.75, 3.05) is 0 Å². The van der Waals surface area contributed by atoms with Gasteiger partial charge < -0.3 is 15.3 Å². The quantitative estimate of drug-likeness (QED) is 0.244. The van der Waals surface area contributed by atoms with Gasteiger partial charge in [0.1, 0.15) is 17.2 Å². The molecule has 0 amide bonds. The average molecular weight is 670 g/mol. The molecular weight excluding hydrogens is 657 g/mol. The molecule has 0 radical (unpaired) electrons. The van der Waals surface area contributed by atoms with Crippen molar-refractivity contribution in [1.82, 2.24) is 0 Å². The molecule has 0 aliphatic rings. The molecular formula is C19H13I3O3. The predicted molar refractivity (Wildman–Crippen MR) is 123 cm³/mol. The molecule has 0 atom stereocenters. The summed E-state index contributed by atoms with van der Waals surface area (Å²) in [6.07, 6.45) is 0. The van der Waals surface area contributed by atoms with Crippen LogP contribution in [0.2, 0.25) is 0 Å². The molecule has 3 nitrogen and oxygen atoms in total. The molecule has 3 N–H and O–H groups in total. The van der Waals surface area contributed by atoms with Crippen LogP contribution >= 0.6 is 67.8 Å². The van der Waals surface area contributed by atoms with Crippen LogP contribution in [0.25, 0.3) is 0 Å². The Balaban J connectivity index is 2.21. The van der Waals surface area contributed by atoms with Gasteiger partial charge in [0.25, 0.3) is 0 Å². The predicted octanol–water partition coefficient (Wildman–Crippen LogP) is 5.80. The van der Waals surface area contributed by atoms with Crippen LogP contribution in [-0.4, -0.2) is 15.3 Å². The van der Waals surface area contributed by atoms with Gasteiger partial charge >= 0.3 is 0 Å². The maximum atomic E-state index is 9.85. The standard InChI is InChI=1S/C19H13I3O3/c20-13-7-10(1-4-16(13)23)19(11-2-5-17(24)14(21)8-11)12-3-6-18(25)15(22)9-12/h1-9,19,23-25H. The molecule has 0 fully saturated rings. The lowest BCUT2D eigenvalue weighted by molar-refractivity contribution is 0.471. The van der Waals surface area contributed by atoms with Crippen LogP contribution in [0.3, 0.4) is 0 Å². The number of benzene rings is 3. The lowest BCUT2D eigenvalue weighted by Gasteiger charge is -2.20. The van der Waals surface area contributed by atoms with Crippen molar-refractivity contribution in [1.29, 1.82) is 0 Å². The molecule has 0 aliphatic carbocycles. The smallest absolute Gasteiger partial charge is 0.128 e. The van der Waals surface area contributed by atoms with E-state index in [0.29, 0.717) is 0 Å². The largest absolute Gasteiger partial charge is 0.507 e. The van der Waals surface area contributed by atoms with Gasteiger partial charge in [0, 0.05) is 5.92 Å².